The van der Waals surface area contributed by atoms with E-state index in [4.69, 9.17) is 0 Å². The Kier molecular flexibility index (Phi) is 3.50. The molecule has 0 atom stereocenters. The van der Waals surface area contributed by atoms with Gasteiger partial charge in [0.25, 0.3) is 5.56 Å². The number of halogens is 1. The summed E-state index contributed by atoms with van der Waals surface area (Å²) in [6.07, 6.45) is 3.20. The first-order chi connectivity index (χ1) is 11.7. The van der Waals surface area contributed by atoms with Gasteiger partial charge in [0.05, 0.1) is 16.6 Å². The number of thiophene rings is 1. The summed E-state index contributed by atoms with van der Waals surface area (Å²) in [5.74, 6) is -0.345. The average molecular weight is 340 g/mol. The molecule has 0 unspecified atom stereocenters. The molecule has 3 aromatic heterocycles. The molecule has 1 N–H and O–H groups in total. The first-order valence-corrected chi connectivity index (χ1v) is 8.29. The van der Waals surface area contributed by atoms with Crippen molar-refractivity contribution in [1.29, 1.82) is 0 Å². The van der Waals surface area contributed by atoms with Gasteiger partial charge in [0, 0.05) is 18.4 Å². The molecule has 0 saturated carbocycles. The summed E-state index contributed by atoms with van der Waals surface area (Å²) in [4.78, 5) is 22.4. The van der Waals surface area contributed by atoms with Crippen molar-refractivity contribution < 1.29 is 4.39 Å². The van der Waals surface area contributed by atoms with Gasteiger partial charge in [-0.25, -0.2) is 14.4 Å². The number of fused-ring (bicyclic) bond motifs is 3. The van der Waals surface area contributed by atoms with Crippen LogP contribution in [0.25, 0.3) is 26.1 Å². The third-order valence-electron chi connectivity index (χ3n) is 3.75. The predicted molar refractivity (Wildman–Crippen MR) is 94.6 cm³/mol. The van der Waals surface area contributed by atoms with Crippen LogP contribution in [0.4, 0.5) is 10.1 Å². The lowest BCUT2D eigenvalue weighted by Gasteiger charge is -2.06. The molecular formula is C17H13FN4OS. The molecule has 5 nitrogen and oxygen atoms in total. The van der Waals surface area contributed by atoms with Crippen LogP contribution in [0.15, 0.2) is 47.7 Å². The number of hydrogen-bond donors (Lipinski definition) is 1. The number of hydrogen-bond acceptors (Lipinski definition) is 5. The third kappa shape index (κ3) is 2.25. The molecule has 7 heteroatoms. The second-order valence-corrected chi connectivity index (χ2v) is 6.24. The van der Waals surface area contributed by atoms with E-state index in [2.05, 4.69) is 15.3 Å². The molecule has 0 aliphatic rings. The fourth-order valence-corrected chi connectivity index (χ4v) is 3.73. The molecule has 4 aromatic rings. The molecule has 0 aliphatic heterocycles. The second-order valence-electron chi connectivity index (χ2n) is 5.24. The first-order valence-electron chi connectivity index (χ1n) is 7.47. The van der Waals surface area contributed by atoms with E-state index in [9.17, 15) is 9.18 Å². The maximum atomic E-state index is 13.1. The standard InChI is InChI=1S/C17H13FN4OS/c1-2-19-12-7-8-20-16-13(12)14-15(24-16)17(23)22(9-21-14)11-5-3-10(18)4-6-11/h3-9H,2H2,1H3,(H,19,20). The van der Waals surface area contributed by atoms with Gasteiger partial charge in [-0.1, -0.05) is 0 Å². The fraction of sp³-hybridized carbons (Fsp3) is 0.118. The van der Waals surface area contributed by atoms with Gasteiger partial charge in [-0.05, 0) is 37.3 Å². The largest absolute Gasteiger partial charge is 0.385 e. The van der Waals surface area contributed by atoms with Crippen molar-refractivity contribution in [3.05, 3.63) is 59.0 Å². The van der Waals surface area contributed by atoms with E-state index >= 15 is 0 Å². The molecule has 3 heterocycles. The second kappa shape index (κ2) is 5.68. The summed E-state index contributed by atoms with van der Waals surface area (Å²) >= 11 is 1.32. The Balaban J connectivity index is 2.00. The smallest absolute Gasteiger partial charge is 0.275 e. The number of nitrogens with one attached hydrogen (secondary N) is 1. The van der Waals surface area contributed by atoms with Crippen molar-refractivity contribution in [2.45, 2.75) is 6.92 Å². The van der Waals surface area contributed by atoms with Gasteiger partial charge < -0.3 is 5.32 Å². The lowest BCUT2D eigenvalue weighted by atomic mass is 10.2. The van der Waals surface area contributed by atoms with Crippen LogP contribution in [0.3, 0.4) is 0 Å². The highest BCUT2D eigenvalue weighted by Gasteiger charge is 2.15. The molecular weight excluding hydrogens is 327 g/mol. The maximum absolute atomic E-state index is 13.1. The van der Waals surface area contributed by atoms with E-state index in [-0.39, 0.29) is 11.4 Å². The zero-order valence-corrected chi connectivity index (χ0v) is 13.6. The van der Waals surface area contributed by atoms with Crippen LogP contribution in [-0.2, 0) is 0 Å². The van der Waals surface area contributed by atoms with Crippen molar-refractivity contribution in [2.24, 2.45) is 0 Å². The average Bonchev–Trinajstić information content (AvgIpc) is 2.97. The Hall–Kier alpha value is -2.80. The van der Waals surface area contributed by atoms with Crippen molar-refractivity contribution >= 4 is 37.5 Å². The molecule has 4 rings (SSSR count). The normalized spacial score (nSPS) is 11.2. The van der Waals surface area contributed by atoms with Crippen LogP contribution in [-0.4, -0.2) is 21.1 Å². The molecule has 0 saturated heterocycles. The number of pyridine rings is 1. The summed E-state index contributed by atoms with van der Waals surface area (Å²) in [7, 11) is 0. The van der Waals surface area contributed by atoms with Crippen molar-refractivity contribution in [3.8, 4) is 5.69 Å². The SMILES string of the molecule is CCNc1ccnc2sc3c(=O)n(-c4ccc(F)cc4)cnc3c12. The maximum Gasteiger partial charge on any atom is 0.275 e. The topological polar surface area (TPSA) is 59.8 Å². The summed E-state index contributed by atoms with van der Waals surface area (Å²) in [5.41, 5.74) is 1.95. The minimum Gasteiger partial charge on any atom is -0.385 e. The first kappa shape index (κ1) is 14.8. The zero-order chi connectivity index (χ0) is 16.7. The van der Waals surface area contributed by atoms with Crippen molar-refractivity contribution in [2.75, 3.05) is 11.9 Å². The number of anilines is 1. The van der Waals surface area contributed by atoms with Crippen molar-refractivity contribution in [3.63, 3.8) is 0 Å². The van der Waals surface area contributed by atoms with Crippen molar-refractivity contribution in [1.82, 2.24) is 14.5 Å². The number of aromatic nitrogens is 3. The molecule has 1 aromatic carbocycles. The quantitative estimate of drug-likeness (QED) is 0.619. The van der Waals surface area contributed by atoms with Gasteiger partial charge in [0.1, 0.15) is 21.7 Å². The highest BCUT2D eigenvalue weighted by Crippen LogP contribution is 2.34. The zero-order valence-electron chi connectivity index (χ0n) is 12.8. The van der Waals surface area contributed by atoms with Crippen LogP contribution >= 0.6 is 11.3 Å². The number of benzene rings is 1. The molecule has 0 amide bonds. The summed E-state index contributed by atoms with van der Waals surface area (Å²) in [5, 5.41) is 4.14. The summed E-state index contributed by atoms with van der Waals surface area (Å²) < 4.78 is 15.1. The minimum absolute atomic E-state index is 0.183. The van der Waals surface area contributed by atoms with E-state index in [0.29, 0.717) is 15.9 Å². The van der Waals surface area contributed by atoms with Gasteiger partial charge in [-0.15, -0.1) is 11.3 Å². The Morgan fingerprint density at radius 1 is 1.21 bits per heavy atom. The molecule has 24 heavy (non-hydrogen) atoms. The predicted octanol–water partition coefficient (Wildman–Crippen LogP) is 3.57. The van der Waals surface area contributed by atoms with E-state index in [1.54, 1.807) is 18.3 Å². The number of rotatable bonds is 3. The van der Waals surface area contributed by atoms with Gasteiger partial charge in [0.15, 0.2) is 0 Å². The van der Waals surface area contributed by atoms with Gasteiger partial charge in [-0.3, -0.25) is 9.36 Å². The monoisotopic (exact) mass is 340 g/mol. The molecule has 0 fully saturated rings. The Morgan fingerprint density at radius 2 is 2.00 bits per heavy atom. The van der Waals surface area contributed by atoms with E-state index in [1.807, 2.05) is 13.0 Å². The van der Waals surface area contributed by atoms with Gasteiger partial charge in [0.2, 0.25) is 0 Å². The van der Waals surface area contributed by atoms with Crippen LogP contribution < -0.4 is 10.9 Å². The Morgan fingerprint density at radius 3 is 2.75 bits per heavy atom. The Bertz CT molecular complexity index is 1100. The van der Waals surface area contributed by atoms with E-state index in [0.717, 1.165) is 22.4 Å². The Labute approximate surface area is 140 Å². The van der Waals surface area contributed by atoms with Crippen LogP contribution in [0.5, 0.6) is 0 Å². The molecule has 0 aliphatic carbocycles. The fourth-order valence-electron chi connectivity index (χ4n) is 2.68. The summed E-state index contributed by atoms with van der Waals surface area (Å²) in [6.45, 7) is 2.78. The van der Waals surface area contributed by atoms with E-state index in [1.165, 1.54) is 34.4 Å². The molecule has 0 radical (unpaired) electrons. The van der Waals surface area contributed by atoms with Crippen LogP contribution in [0, 0.1) is 5.82 Å². The third-order valence-corrected chi connectivity index (χ3v) is 4.83. The lowest BCUT2D eigenvalue weighted by Crippen LogP contribution is -2.17. The number of nitrogens with zero attached hydrogens (tertiary/aromatic N) is 3. The van der Waals surface area contributed by atoms with Gasteiger partial charge >= 0.3 is 0 Å². The van der Waals surface area contributed by atoms with Gasteiger partial charge in [-0.2, -0.15) is 0 Å². The molecule has 0 spiro atoms. The lowest BCUT2D eigenvalue weighted by molar-refractivity contribution is 0.627. The molecule has 120 valence electrons. The summed E-state index contributed by atoms with van der Waals surface area (Å²) in [6, 6.07) is 7.63. The molecule has 0 bridgehead atoms. The van der Waals surface area contributed by atoms with Crippen LogP contribution in [0.2, 0.25) is 0 Å². The van der Waals surface area contributed by atoms with Crippen LogP contribution in [0.1, 0.15) is 6.92 Å². The minimum atomic E-state index is -0.345. The van der Waals surface area contributed by atoms with E-state index < -0.39 is 0 Å². The highest BCUT2D eigenvalue weighted by molar-refractivity contribution is 7.25. The highest BCUT2D eigenvalue weighted by atomic mass is 32.1.